The van der Waals surface area contributed by atoms with Gasteiger partial charge in [0, 0.05) is 23.6 Å². The van der Waals surface area contributed by atoms with Crippen LogP contribution in [0.25, 0.3) is 6.08 Å². The lowest BCUT2D eigenvalue weighted by molar-refractivity contribution is 0.0338. The Morgan fingerprint density at radius 3 is 2.35 bits per heavy atom. The van der Waals surface area contributed by atoms with E-state index in [0.29, 0.717) is 17.9 Å². The van der Waals surface area contributed by atoms with Crippen molar-refractivity contribution in [3.63, 3.8) is 0 Å². The molecule has 2 aliphatic rings. The predicted molar refractivity (Wildman–Crippen MR) is 82.8 cm³/mol. The van der Waals surface area contributed by atoms with E-state index in [-0.39, 0.29) is 5.92 Å². The number of Topliss-reactive ketones (excluding diaryl/α,β-unsaturated/α-hetero) is 1. The topological polar surface area (TPSA) is 20.3 Å². The molecule has 2 saturated heterocycles. The Hall–Kier alpha value is -1.41. The van der Waals surface area contributed by atoms with E-state index in [0.717, 1.165) is 24.0 Å². The highest BCUT2D eigenvalue weighted by Gasteiger charge is 2.38. The van der Waals surface area contributed by atoms with Gasteiger partial charge < -0.3 is 4.90 Å². The van der Waals surface area contributed by atoms with Crippen molar-refractivity contribution in [2.45, 2.75) is 44.2 Å². The van der Waals surface area contributed by atoms with Gasteiger partial charge in [-0.15, -0.1) is 0 Å². The number of rotatable bonds is 3. The summed E-state index contributed by atoms with van der Waals surface area (Å²) >= 11 is 0. The molecule has 2 nitrogen and oxygen atoms in total. The maximum absolute atomic E-state index is 12.7. The van der Waals surface area contributed by atoms with Crippen molar-refractivity contribution < 1.29 is 4.79 Å². The predicted octanol–water partition coefficient (Wildman–Crippen LogP) is 3.78. The Morgan fingerprint density at radius 1 is 1.20 bits per heavy atom. The molecule has 2 heterocycles. The van der Waals surface area contributed by atoms with Crippen molar-refractivity contribution in [3.8, 4) is 0 Å². The molecule has 2 aliphatic heterocycles. The summed E-state index contributed by atoms with van der Waals surface area (Å²) in [5, 5.41) is 0. The van der Waals surface area contributed by atoms with Crippen molar-refractivity contribution in [2.24, 2.45) is 5.92 Å². The third-order valence-corrected chi connectivity index (χ3v) is 5.14. The second-order valence-corrected chi connectivity index (χ2v) is 6.26. The number of ketones is 1. The molecule has 1 aromatic carbocycles. The second-order valence-electron chi connectivity index (χ2n) is 6.26. The van der Waals surface area contributed by atoms with Crippen LogP contribution in [0.5, 0.6) is 0 Å². The average Bonchev–Trinajstić information content (AvgIpc) is 2.46. The van der Waals surface area contributed by atoms with E-state index in [9.17, 15) is 4.79 Å². The second kappa shape index (κ2) is 5.53. The summed E-state index contributed by atoms with van der Waals surface area (Å²) in [6.45, 7) is 3.75. The van der Waals surface area contributed by atoms with Crippen molar-refractivity contribution in [2.75, 3.05) is 7.05 Å². The lowest BCUT2D eigenvalue weighted by Gasteiger charge is -2.46. The van der Waals surface area contributed by atoms with Crippen LogP contribution in [-0.2, 0) is 0 Å². The number of benzene rings is 1. The molecule has 2 fully saturated rings. The number of hydrogen-bond donors (Lipinski definition) is 0. The summed E-state index contributed by atoms with van der Waals surface area (Å²) in [5.41, 5.74) is 1.94. The third-order valence-electron chi connectivity index (χ3n) is 5.14. The molecule has 0 amide bonds. The first-order valence-electron chi connectivity index (χ1n) is 7.67. The number of carbonyl (C=O) groups is 1. The van der Waals surface area contributed by atoms with Crippen molar-refractivity contribution in [3.05, 3.63) is 42.0 Å². The molecular formula is C18H23NO. The van der Waals surface area contributed by atoms with Crippen LogP contribution in [0.2, 0.25) is 0 Å². The highest BCUT2D eigenvalue weighted by molar-refractivity contribution is 5.98. The SMILES string of the molecule is C=Cc1ccc(C(=O)C2CC3CCCC(C2)N3C)cc1. The third kappa shape index (κ3) is 2.45. The molecule has 2 atom stereocenters. The van der Waals surface area contributed by atoms with Crippen LogP contribution in [0.4, 0.5) is 0 Å². The maximum atomic E-state index is 12.7. The summed E-state index contributed by atoms with van der Waals surface area (Å²) in [6, 6.07) is 9.10. The lowest BCUT2D eigenvalue weighted by atomic mass is 9.76. The molecular weight excluding hydrogens is 246 g/mol. The molecule has 0 saturated carbocycles. The van der Waals surface area contributed by atoms with E-state index < -0.39 is 0 Å². The van der Waals surface area contributed by atoms with Gasteiger partial charge in [-0.1, -0.05) is 43.3 Å². The Labute approximate surface area is 121 Å². The number of carbonyl (C=O) groups excluding carboxylic acids is 1. The molecule has 1 aromatic rings. The monoisotopic (exact) mass is 269 g/mol. The number of fused-ring (bicyclic) bond motifs is 2. The van der Waals surface area contributed by atoms with Crippen LogP contribution in [0.1, 0.15) is 48.0 Å². The van der Waals surface area contributed by atoms with Gasteiger partial charge in [0.2, 0.25) is 0 Å². The smallest absolute Gasteiger partial charge is 0.166 e. The Bertz CT molecular complexity index is 491. The minimum absolute atomic E-state index is 0.219. The number of piperidine rings is 2. The molecule has 2 bridgehead atoms. The molecule has 0 spiro atoms. The fourth-order valence-corrected chi connectivity index (χ4v) is 3.85. The van der Waals surface area contributed by atoms with Gasteiger partial charge >= 0.3 is 0 Å². The van der Waals surface area contributed by atoms with Crippen molar-refractivity contribution in [1.82, 2.24) is 4.90 Å². The largest absolute Gasteiger partial charge is 0.300 e. The summed E-state index contributed by atoms with van der Waals surface area (Å²) in [4.78, 5) is 15.2. The normalized spacial score (nSPS) is 29.9. The van der Waals surface area contributed by atoms with E-state index in [4.69, 9.17) is 0 Å². The molecule has 20 heavy (non-hydrogen) atoms. The zero-order chi connectivity index (χ0) is 14.1. The van der Waals surface area contributed by atoms with Crippen LogP contribution >= 0.6 is 0 Å². The standard InChI is InChI=1S/C18H23NO/c1-3-13-7-9-14(10-8-13)18(20)15-11-16-5-4-6-17(12-15)19(16)2/h3,7-10,15-17H,1,4-6,11-12H2,2H3. The van der Waals surface area contributed by atoms with Crippen molar-refractivity contribution >= 4 is 11.9 Å². The molecule has 2 heteroatoms. The van der Waals surface area contributed by atoms with Crippen LogP contribution in [-0.4, -0.2) is 29.8 Å². The van der Waals surface area contributed by atoms with Gasteiger partial charge in [-0.05, 0) is 38.3 Å². The van der Waals surface area contributed by atoms with E-state index >= 15 is 0 Å². The van der Waals surface area contributed by atoms with Crippen LogP contribution < -0.4 is 0 Å². The lowest BCUT2D eigenvalue weighted by Crippen LogP contribution is -2.51. The molecule has 0 N–H and O–H groups in total. The highest BCUT2D eigenvalue weighted by atomic mass is 16.1. The summed E-state index contributed by atoms with van der Waals surface area (Å²) in [5.74, 6) is 0.557. The van der Waals surface area contributed by atoms with Gasteiger partial charge in [-0.2, -0.15) is 0 Å². The van der Waals surface area contributed by atoms with Gasteiger partial charge in [0.25, 0.3) is 0 Å². The summed E-state index contributed by atoms with van der Waals surface area (Å²) < 4.78 is 0. The molecule has 0 aliphatic carbocycles. The molecule has 106 valence electrons. The van der Waals surface area contributed by atoms with E-state index in [1.54, 1.807) is 0 Å². The van der Waals surface area contributed by atoms with E-state index in [1.165, 1.54) is 19.3 Å². The Balaban J connectivity index is 1.75. The fourth-order valence-electron chi connectivity index (χ4n) is 3.85. The Kier molecular flexibility index (Phi) is 3.75. The fraction of sp³-hybridized carbons (Fsp3) is 0.500. The van der Waals surface area contributed by atoms with Crippen LogP contribution in [0.15, 0.2) is 30.8 Å². The molecule has 0 aromatic heterocycles. The van der Waals surface area contributed by atoms with Gasteiger partial charge in [0.05, 0.1) is 0 Å². The Morgan fingerprint density at radius 2 is 1.80 bits per heavy atom. The van der Waals surface area contributed by atoms with Gasteiger partial charge in [0.1, 0.15) is 0 Å². The first-order valence-corrected chi connectivity index (χ1v) is 7.67. The maximum Gasteiger partial charge on any atom is 0.166 e. The first kappa shape index (κ1) is 13.6. The summed E-state index contributed by atoms with van der Waals surface area (Å²) in [6.07, 6.45) is 7.73. The first-order chi connectivity index (χ1) is 9.69. The number of nitrogens with zero attached hydrogens (tertiary/aromatic N) is 1. The highest BCUT2D eigenvalue weighted by Crippen LogP contribution is 2.37. The average molecular weight is 269 g/mol. The van der Waals surface area contributed by atoms with Gasteiger partial charge in [-0.3, -0.25) is 4.79 Å². The quantitative estimate of drug-likeness (QED) is 0.778. The van der Waals surface area contributed by atoms with Crippen LogP contribution in [0, 0.1) is 5.92 Å². The summed E-state index contributed by atoms with van der Waals surface area (Å²) in [7, 11) is 2.23. The van der Waals surface area contributed by atoms with Crippen LogP contribution in [0.3, 0.4) is 0 Å². The zero-order valence-corrected chi connectivity index (χ0v) is 12.2. The van der Waals surface area contributed by atoms with E-state index in [1.807, 2.05) is 30.3 Å². The molecule has 2 unspecified atom stereocenters. The van der Waals surface area contributed by atoms with Crippen molar-refractivity contribution in [1.29, 1.82) is 0 Å². The van der Waals surface area contributed by atoms with E-state index in [2.05, 4.69) is 18.5 Å². The van der Waals surface area contributed by atoms with Gasteiger partial charge in [0.15, 0.2) is 5.78 Å². The number of hydrogen-bond acceptors (Lipinski definition) is 2. The minimum Gasteiger partial charge on any atom is -0.300 e. The zero-order valence-electron chi connectivity index (χ0n) is 12.2. The molecule has 3 rings (SSSR count). The molecule has 0 radical (unpaired) electrons. The minimum atomic E-state index is 0.219. The van der Waals surface area contributed by atoms with Gasteiger partial charge in [-0.25, -0.2) is 0 Å².